The minimum absolute atomic E-state index is 0.00439. The summed E-state index contributed by atoms with van der Waals surface area (Å²) < 4.78 is 7.66. The van der Waals surface area contributed by atoms with Crippen LogP contribution in [0, 0.1) is 13.8 Å². The number of amides is 1. The number of pyridine rings is 1. The molecule has 1 aliphatic heterocycles. The Morgan fingerprint density at radius 2 is 2.33 bits per heavy atom. The van der Waals surface area contributed by atoms with Crippen molar-refractivity contribution >= 4 is 11.6 Å². The maximum absolute atomic E-state index is 12.2. The van der Waals surface area contributed by atoms with Gasteiger partial charge in [-0.1, -0.05) is 0 Å². The molecule has 3 heterocycles. The van der Waals surface area contributed by atoms with Crippen LogP contribution in [-0.2, 0) is 16.1 Å². The van der Waals surface area contributed by atoms with Crippen LogP contribution in [0.25, 0.3) is 0 Å². The van der Waals surface area contributed by atoms with E-state index in [0.717, 1.165) is 18.2 Å². The second-order valence-electron chi connectivity index (χ2n) is 5.91. The van der Waals surface area contributed by atoms with E-state index >= 15 is 0 Å². The maximum Gasteiger partial charge on any atom is 0.238 e. The predicted octanol–water partition coefficient (Wildman–Crippen LogP) is 0.629. The van der Waals surface area contributed by atoms with Crippen molar-refractivity contribution in [2.24, 2.45) is 0 Å². The van der Waals surface area contributed by atoms with Gasteiger partial charge in [-0.3, -0.25) is 14.7 Å². The lowest BCUT2D eigenvalue weighted by Gasteiger charge is -2.32. The first-order chi connectivity index (χ1) is 11.6. The second-order valence-corrected chi connectivity index (χ2v) is 5.91. The highest BCUT2D eigenvalue weighted by Gasteiger charge is 2.23. The fraction of sp³-hybridized carbons (Fsp3) is 0.500. The summed E-state index contributed by atoms with van der Waals surface area (Å²) in [6, 6.07) is 3.62. The number of ether oxygens (including phenoxy) is 1. The molecule has 128 valence electrons. The molecule has 24 heavy (non-hydrogen) atoms. The molecule has 1 saturated heterocycles. The van der Waals surface area contributed by atoms with Gasteiger partial charge in [0.25, 0.3) is 0 Å². The van der Waals surface area contributed by atoms with Crippen LogP contribution >= 0.6 is 0 Å². The Morgan fingerprint density at radius 1 is 1.46 bits per heavy atom. The van der Waals surface area contributed by atoms with Crippen LogP contribution in [-0.4, -0.2) is 62.9 Å². The van der Waals surface area contributed by atoms with E-state index in [2.05, 4.69) is 25.3 Å². The van der Waals surface area contributed by atoms with Crippen LogP contribution < -0.4 is 5.32 Å². The topological polar surface area (TPSA) is 85.2 Å². The highest BCUT2D eigenvalue weighted by molar-refractivity contribution is 5.92. The summed E-state index contributed by atoms with van der Waals surface area (Å²) in [5.74, 6) is 1.59. The Bertz CT molecular complexity index is 687. The molecule has 1 aliphatic rings. The summed E-state index contributed by atoms with van der Waals surface area (Å²) in [6.07, 6.45) is 3.32. The van der Waals surface area contributed by atoms with E-state index < -0.39 is 0 Å². The molecule has 1 atom stereocenters. The highest BCUT2D eigenvalue weighted by Crippen LogP contribution is 2.09. The summed E-state index contributed by atoms with van der Waals surface area (Å²) in [5, 5.41) is 7.22. The lowest BCUT2D eigenvalue weighted by molar-refractivity contribution is -0.119. The molecule has 0 bridgehead atoms. The average molecular weight is 330 g/mol. The molecule has 3 rings (SSSR count). The van der Waals surface area contributed by atoms with E-state index in [-0.39, 0.29) is 12.0 Å². The van der Waals surface area contributed by atoms with Crippen LogP contribution in [0.15, 0.2) is 24.5 Å². The van der Waals surface area contributed by atoms with E-state index in [1.807, 2.05) is 24.6 Å². The normalized spacial score (nSPS) is 18.5. The van der Waals surface area contributed by atoms with Crippen LogP contribution in [0.1, 0.15) is 11.6 Å². The third kappa shape index (κ3) is 4.36. The molecule has 8 nitrogen and oxygen atoms in total. The quantitative estimate of drug-likeness (QED) is 0.865. The Morgan fingerprint density at radius 3 is 3.04 bits per heavy atom. The van der Waals surface area contributed by atoms with Gasteiger partial charge in [-0.25, -0.2) is 9.67 Å². The largest absolute Gasteiger partial charge is 0.374 e. The molecule has 0 radical (unpaired) electrons. The fourth-order valence-electron chi connectivity index (χ4n) is 2.80. The number of carbonyl (C=O) groups excluding carboxylic acids is 1. The number of rotatable bonds is 5. The summed E-state index contributed by atoms with van der Waals surface area (Å²) >= 11 is 0. The molecule has 0 aliphatic carbocycles. The number of hydrogen-bond donors (Lipinski definition) is 1. The number of hydrogen-bond acceptors (Lipinski definition) is 6. The minimum atomic E-state index is -0.0450. The van der Waals surface area contributed by atoms with Gasteiger partial charge in [0.05, 0.1) is 37.7 Å². The van der Waals surface area contributed by atoms with Crippen LogP contribution in [0.3, 0.4) is 0 Å². The first-order valence-corrected chi connectivity index (χ1v) is 8.02. The van der Waals surface area contributed by atoms with Crippen molar-refractivity contribution in [3.05, 3.63) is 36.2 Å². The summed E-state index contributed by atoms with van der Waals surface area (Å²) in [6.45, 7) is 6.84. The number of nitrogens with one attached hydrogen (secondary N) is 1. The van der Waals surface area contributed by atoms with Gasteiger partial charge in [0.15, 0.2) is 0 Å². The Labute approximate surface area is 140 Å². The lowest BCUT2D eigenvalue weighted by Crippen LogP contribution is -2.47. The van der Waals surface area contributed by atoms with Gasteiger partial charge in [-0.15, -0.1) is 0 Å². The van der Waals surface area contributed by atoms with Gasteiger partial charge in [-0.05, 0) is 26.0 Å². The zero-order valence-corrected chi connectivity index (χ0v) is 14.0. The molecule has 0 aromatic carbocycles. The third-order valence-corrected chi connectivity index (χ3v) is 3.87. The smallest absolute Gasteiger partial charge is 0.238 e. The van der Waals surface area contributed by atoms with Crippen molar-refractivity contribution in [2.75, 3.05) is 31.6 Å². The van der Waals surface area contributed by atoms with Crippen molar-refractivity contribution in [1.29, 1.82) is 0 Å². The van der Waals surface area contributed by atoms with Crippen molar-refractivity contribution in [1.82, 2.24) is 24.6 Å². The standard InChI is InChI=1S/C16H22N6O2/c1-12-18-13(2)22(20-12)10-15-9-21(6-7-24-15)11-16(23)19-14-4-3-5-17-8-14/h3-5,8,15H,6-7,9-11H2,1-2H3,(H,19,23)/t15-/m0/s1. The van der Waals surface area contributed by atoms with Crippen LogP contribution in [0.2, 0.25) is 0 Å². The Kier molecular flexibility index (Phi) is 5.17. The van der Waals surface area contributed by atoms with E-state index in [1.165, 1.54) is 0 Å². The van der Waals surface area contributed by atoms with Crippen molar-refractivity contribution in [3.8, 4) is 0 Å². The summed E-state index contributed by atoms with van der Waals surface area (Å²) in [5.41, 5.74) is 0.709. The first-order valence-electron chi connectivity index (χ1n) is 8.02. The molecule has 0 saturated carbocycles. The molecule has 0 spiro atoms. The predicted molar refractivity (Wildman–Crippen MR) is 88.5 cm³/mol. The zero-order chi connectivity index (χ0) is 16.9. The zero-order valence-electron chi connectivity index (χ0n) is 14.0. The summed E-state index contributed by atoms with van der Waals surface area (Å²) in [7, 11) is 0. The number of carbonyl (C=O) groups is 1. The highest BCUT2D eigenvalue weighted by atomic mass is 16.5. The number of aryl methyl sites for hydroxylation is 2. The van der Waals surface area contributed by atoms with Crippen molar-refractivity contribution < 1.29 is 9.53 Å². The molecule has 1 amide bonds. The molecular weight excluding hydrogens is 308 g/mol. The van der Waals surface area contributed by atoms with E-state index in [4.69, 9.17) is 4.74 Å². The average Bonchev–Trinajstić information content (AvgIpc) is 2.86. The molecular formula is C16H22N6O2. The van der Waals surface area contributed by atoms with Gasteiger partial charge < -0.3 is 10.1 Å². The van der Waals surface area contributed by atoms with Gasteiger partial charge >= 0.3 is 0 Å². The van der Waals surface area contributed by atoms with Crippen molar-refractivity contribution in [2.45, 2.75) is 26.5 Å². The van der Waals surface area contributed by atoms with Gasteiger partial charge in [0.1, 0.15) is 11.6 Å². The molecule has 1 fully saturated rings. The van der Waals surface area contributed by atoms with Crippen LogP contribution in [0.4, 0.5) is 5.69 Å². The Hall–Kier alpha value is -2.32. The lowest BCUT2D eigenvalue weighted by atomic mass is 10.2. The SMILES string of the molecule is Cc1nc(C)n(C[C@@H]2CN(CC(=O)Nc3cccnc3)CCO2)n1. The molecule has 2 aromatic rings. The van der Waals surface area contributed by atoms with Gasteiger partial charge in [0, 0.05) is 19.3 Å². The van der Waals surface area contributed by atoms with Crippen molar-refractivity contribution in [3.63, 3.8) is 0 Å². The number of morpholine rings is 1. The molecule has 0 unspecified atom stereocenters. The van der Waals surface area contributed by atoms with Gasteiger partial charge in [0.2, 0.25) is 5.91 Å². The number of nitrogens with zero attached hydrogens (tertiary/aromatic N) is 5. The maximum atomic E-state index is 12.2. The Balaban J connectivity index is 1.52. The molecule has 2 aromatic heterocycles. The monoisotopic (exact) mass is 330 g/mol. The van der Waals surface area contributed by atoms with E-state index in [1.54, 1.807) is 18.5 Å². The fourth-order valence-corrected chi connectivity index (χ4v) is 2.80. The van der Waals surface area contributed by atoms with E-state index in [0.29, 0.717) is 31.9 Å². The summed E-state index contributed by atoms with van der Waals surface area (Å²) in [4.78, 5) is 22.5. The molecule has 8 heteroatoms. The van der Waals surface area contributed by atoms with Crippen LogP contribution in [0.5, 0.6) is 0 Å². The first kappa shape index (κ1) is 16.5. The van der Waals surface area contributed by atoms with Gasteiger partial charge in [-0.2, -0.15) is 5.10 Å². The molecule has 1 N–H and O–H groups in total. The number of aromatic nitrogens is 4. The minimum Gasteiger partial charge on any atom is -0.374 e. The number of anilines is 1. The third-order valence-electron chi connectivity index (χ3n) is 3.87. The second kappa shape index (κ2) is 7.50. The van der Waals surface area contributed by atoms with E-state index in [9.17, 15) is 4.79 Å².